The molecule has 4 atom stereocenters. The van der Waals surface area contributed by atoms with Crippen LogP contribution in [0.5, 0.6) is 0 Å². The maximum absolute atomic E-state index is 2.42. The number of hydrogen-bond donors (Lipinski definition) is 0. The molecule has 0 aromatic heterocycles. The van der Waals surface area contributed by atoms with Gasteiger partial charge in [-0.3, -0.25) is 0 Å². The molecule has 3 heteroatoms. The molecule has 4 rings (SSSR count). The third-order valence-corrected chi connectivity index (χ3v) is 12.4. The molecular formula is C22H32FeP2. The maximum atomic E-state index is 2.42. The van der Waals surface area contributed by atoms with Crippen LogP contribution in [0, 0.1) is 0 Å². The molecule has 0 saturated carbocycles. The van der Waals surface area contributed by atoms with E-state index in [0.29, 0.717) is 0 Å². The van der Waals surface area contributed by atoms with Crippen molar-refractivity contribution in [3.8, 4) is 0 Å². The fourth-order valence-corrected chi connectivity index (χ4v) is 11.0. The zero-order valence-electron chi connectivity index (χ0n) is 16.0. The van der Waals surface area contributed by atoms with Crippen molar-refractivity contribution in [1.29, 1.82) is 0 Å². The van der Waals surface area contributed by atoms with Crippen LogP contribution in [0.4, 0.5) is 0 Å². The van der Waals surface area contributed by atoms with Gasteiger partial charge in [-0.2, -0.15) is 24.3 Å². The van der Waals surface area contributed by atoms with Gasteiger partial charge in [0.2, 0.25) is 0 Å². The summed E-state index contributed by atoms with van der Waals surface area (Å²) < 4.78 is 0. The van der Waals surface area contributed by atoms with Crippen LogP contribution in [0.15, 0.2) is 48.5 Å². The predicted octanol–water partition coefficient (Wildman–Crippen LogP) is 6.16. The Bertz CT molecular complexity index is 515. The smallest absolute Gasteiger partial charge is 0.213 e. The average molecular weight is 414 g/mol. The van der Waals surface area contributed by atoms with E-state index < -0.39 is 0 Å². The van der Waals surface area contributed by atoms with Gasteiger partial charge in [-0.25, -0.2) is 24.3 Å². The topological polar surface area (TPSA) is 0 Å². The van der Waals surface area contributed by atoms with Crippen LogP contribution in [-0.2, 0) is 17.1 Å². The van der Waals surface area contributed by atoms with Gasteiger partial charge in [-0.1, -0.05) is 27.7 Å². The van der Waals surface area contributed by atoms with E-state index in [1.54, 1.807) is 10.6 Å². The molecule has 2 aliphatic rings. The minimum atomic E-state index is 0. The van der Waals surface area contributed by atoms with E-state index in [1.807, 2.05) is 0 Å². The summed E-state index contributed by atoms with van der Waals surface area (Å²) in [5, 5.41) is 3.25. The van der Waals surface area contributed by atoms with Crippen LogP contribution in [0.3, 0.4) is 0 Å². The Balaban J connectivity index is 0.000000173. The van der Waals surface area contributed by atoms with Gasteiger partial charge < -0.3 is 0 Å². The van der Waals surface area contributed by atoms with Crippen LogP contribution in [0.2, 0.25) is 0 Å². The fourth-order valence-electron chi connectivity index (χ4n) is 4.48. The van der Waals surface area contributed by atoms with Crippen LogP contribution < -0.4 is 10.6 Å². The largest absolute Gasteiger partial charge is 2.00 e. The van der Waals surface area contributed by atoms with Gasteiger partial charge in [-0.15, -0.1) is 26.5 Å². The zero-order chi connectivity index (χ0) is 17.1. The fraction of sp³-hybridized carbons (Fsp3) is 0.545. The first kappa shape index (κ1) is 21.4. The van der Waals surface area contributed by atoms with E-state index in [4.69, 9.17) is 0 Å². The molecule has 2 aliphatic heterocycles. The normalized spacial score (nSPS) is 29.9. The van der Waals surface area contributed by atoms with Crippen LogP contribution in [0.1, 0.15) is 53.4 Å². The van der Waals surface area contributed by atoms with Gasteiger partial charge in [0, 0.05) is 0 Å². The molecule has 138 valence electrons. The summed E-state index contributed by atoms with van der Waals surface area (Å²) in [4.78, 5) is 0. The molecule has 0 radical (unpaired) electrons. The monoisotopic (exact) mass is 414 g/mol. The molecule has 2 heterocycles. The third-order valence-electron chi connectivity index (χ3n) is 5.79. The van der Waals surface area contributed by atoms with E-state index in [9.17, 15) is 0 Å². The van der Waals surface area contributed by atoms with Crippen molar-refractivity contribution in [2.75, 3.05) is 0 Å². The molecule has 0 nitrogen and oxygen atoms in total. The Morgan fingerprint density at radius 3 is 1.04 bits per heavy atom. The second-order valence-electron chi connectivity index (χ2n) is 7.65. The third kappa shape index (κ3) is 5.08. The van der Waals surface area contributed by atoms with E-state index >= 15 is 0 Å². The molecule has 0 N–H and O–H groups in total. The van der Waals surface area contributed by atoms with E-state index in [0.717, 1.165) is 22.6 Å². The Hall–Kier alpha value is 0.0795. The summed E-state index contributed by atoms with van der Waals surface area (Å²) >= 11 is 0. The first-order chi connectivity index (χ1) is 11.6. The van der Waals surface area contributed by atoms with Crippen molar-refractivity contribution in [3.63, 3.8) is 0 Å². The second-order valence-corrected chi connectivity index (χ2v) is 13.8. The Kier molecular flexibility index (Phi) is 8.43. The van der Waals surface area contributed by atoms with Crippen molar-refractivity contribution >= 4 is 26.5 Å². The molecule has 2 fully saturated rings. The van der Waals surface area contributed by atoms with E-state index in [2.05, 4.69) is 76.2 Å². The summed E-state index contributed by atoms with van der Waals surface area (Å²) in [6, 6.07) is 17.9. The first-order valence-corrected chi connectivity index (χ1v) is 12.5. The Morgan fingerprint density at radius 2 is 0.800 bits per heavy atom. The zero-order valence-corrected chi connectivity index (χ0v) is 18.9. The standard InChI is InChI=1S/2C11H16P.Fe/c2*1-9-7-8-10(2)12(9)11-5-3-4-6-11;/h2*3-6,9-10H,7-8H2,1-2H3;/q2*-1;+2/t2*9-,10-;/m00./s1. The van der Waals surface area contributed by atoms with E-state index in [-0.39, 0.29) is 32.9 Å². The molecule has 2 aromatic carbocycles. The molecule has 0 bridgehead atoms. The van der Waals surface area contributed by atoms with Crippen LogP contribution in [-0.4, -0.2) is 22.6 Å². The predicted molar refractivity (Wildman–Crippen MR) is 113 cm³/mol. The quantitative estimate of drug-likeness (QED) is 0.314. The maximum Gasteiger partial charge on any atom is 2.00 e. The summed E-state index contributed by atoms with van der Waals surface area (Å²) in [6.07, 6.45) is 5.77. The Labute approximate surface area is 167 Å². The van der Waals surface area contributed by atoms with Crippen molar-refractivity contribution in [1.82, 2.24) is 0 Å². The average Bonchev–Trinajstić information content (AvgIpc) is 3.31. The molecule has 0 spiro atoms. The molecule has 0 aliphatic carbocycles. The molecular weight excluding hydrogens is 382 g/mol. The van der Waals surface area contributed by atoms with Crippen molar-refractivity contribution in [2.45, 2.75) is 76.0 Å². The SMILES string of the molecule is C[C@H]1CC[C@H](C)P1[c-]1cccc1.C[C@H]1CC[C@H](C)P1[c-]1cccc1.[Fe+2]. The first-order valence-electron chi connectivity index (χ1n) is 9.58. The molecule has 25 heavy (non-hydrogen) atoms. The summed E-state index contributed by atoms with van der Waals surface area (Å²) in [5.74, 6) is 0. The van der Waals surface area contributed by atoms with Gasteiger partial charge in [0.25, 0.3) is 0 Å². The second kappa shape index (κ2) is 9.85. The molecule has 2 aromatic rings. The van der Waals surface area contributed by atoms with Crippen LogP contribution in [0.25, 0.3) is 0 Å². The van der Waals surface area contributed by atoms with Crippen molar-refractivity contribution in [3.05, 3.63) is 48.5 Å². The van der Waals surface area contributed by atoms with Crippen molar-refractivity contribution < 1.29 is 17.1 Å². The number of rotatable bonds is 2. The van der Waals surface area contributed by atoms with Crippen LogP contribution >= 0.6 is 15.8 Å². The van der Waals surface area contributed by atoms with Gasteiger partial charge in [0.1, 0.15) is 0 Å². The summed E-state index contributed by atoms with van der Waals surface area (Å²) in [7, 11) is 0.349. The Morgan fingerprint density at radius 1 is 0.560 bits per heavy atom. The minimum Gasteiger partial charge on any atom is -0.213 e. The van der Waals surface area contributed by atoms with Crippen molar-refractivity contribution in [2.24, 2.45) is 0 Å². The summed E-state index contributed by atoms with van der Waals surface area (Å²) in [6.45, 7) is 9.68. The minimum absolute atomic E-state index is 0. The van der Waals surface area contributed by atoms with Gasteiger partial charge >= 0.3 is 17.1 Å². The van der Waals surface area contributed by atoms with Gasteiger partial charge in [0.05, 0.1) is 0 Å². The molecule has 0 unspecified atom stereocenters. The summed E-state index contributed by atoms with van der Waals surface area (Å²) in [5.41, 5.74) is 3.82. The van der Waals surface area contributed by atoms with E-state index in [1.165, 1.54) is 25.7 Å². The number of hydrogen-bond acceptors (Lipinski definition) is 0. The molecule has 0 amide bonds. The van der Waals surface area contributed by atoms with Gasteiger partial charge in [-0.05, 0) is 48.3 Å². The van der Waals surface area contributed by atoms with Gasteiger partial charge in [0.15, 0.2) is 0 Å². The molecule has 2 saturated heterocycles.